The average Bonchev–Trinajstić information content (AvgIpc) is 2.21. The van der Waals surface area contributed by atoms with Gasteiger partial charge in [-0.15, -0.1) is 0 Å². The van der Waals surface area contributed by atoms with Crippen LogP contribution in [0.5, 0.6) is 0 Å². The SMILES string of the molecule is CCC(OS(=O)(=O)C(F)(F)F)C(C)OS(=O)(=O)C(F)(F)F. The van der Waals surface area contributed by atoms with E-state index >= 15 is 0 Å². The second kappa shape index (κ2) is 6.26. The van der Waals surface area contributed by atoms with E-state index in [2.05, 4.69) is 8.37 Å². The Morgan fingerprint density at radius 1 is 0.857 bits per heavy atom. The van der Waals surface area contributed by atoms with Crippen LogP contribution < -0.4 is 0 Å². The smallest absolute Gasteiger partial charge is 0.257 e. The van der Waals surface area contributed by atoms with Crippen molar-refractivity contribution < 1.29 is 51.5 Å². The Hall–Kier alpha value is -0.600. The minimum atomic E-state index is -6.10. The zero-order valence-electron chi connectivity index (χ0n) is 10.4. The van der Waals surface area contributed by atoms with Gasteiger partial charge in [-0.25, -0.2) is 0 Å². The minimum Gasteiger partial charge on any atom is -0.257 e. The largest absolute Gasteiger partial charge is 0.523 e. The molecule has 0 amide bonds. The molecule has 0 aromatic rings. The van der Waals surface area contributed by atoms with Crippen molar-refractivity contribution in [2.24, 2.45) is 0 Å². The Balaban J connectivity index is 5.17. The molecule has 0 fully saturated rings. The molecule has 0 spiro atoms. The average molecular weight is 368 g/mol. The highest BCUT2D eigenvalue weighted by Crippen LogP contribution is 2.30. The van der Waals surface area contributed by atoms with E-state index in [9.17, 15) is 43.2 Å². The second-order valence-electron chi connectivity index (χ2n) is 3.64. The van der Waals surface area contributed by atoms with Crippen molar-refractivity contribution in [3.63, 3.8) is 0 Å². The lowest BCUT2D eigenvalue weighted by Gasteiger charge is -2.23. The van der Waals surface area contributed by atoms with Gasteiger partial charge in [0.15, 0.2) is 0 Å². The van der Waals surface area contributed by atoms with Gasteiger partial charge in [-0.05, 0) is 13.3 Å². The zero-order valence-corrected chi connectivity index (χ0v) is 12.0. The van der Waals surface area contributed by atoms with Crippen LogP contribution in [0.15, 0.2) is 0 Å². The quantitative estimate of drug-likeness (QED) is 0.404. The maximum absolute atomic E-state index is 12.1. The highest BCUT2D eigenvalue weighted by atomic mass is 32.2. The van der Waals surface area contributed by atoms with Gasteiger partial charge in [-0.1, -0.05) is 6.92 Å². The molecular formula is C7H10F6O6S2. The maximum Gasteiger partial charge on any atom is 0.523 e. The molecule has 0 aromatic carbocycles. The summed E-state index contributed by atoms with van der Waals surface area (Å²) in [5.41, 5.74) is -11.6. The number of halogens is 6. The van der Waals surface area contributed by atoms with E-state index in [0.29, 0.717) is 6.92 Å². The molecule has 0 aliphatic carbocycles. The van der Waals surface area contributed by atoms with Crippen LogP contribution in [0.4, 0.5) is 26.3 Å². The van der Waals surface area contributed by atoms with E-state index in [1.807, 2.05) is 0 Å². The second-order valence-corrected chi connectivity index (χ2v) is 6.77. The van der Waals surface area contributed by atoms with Crippen molar-refractivity contribution in [1.82, 2.24) is 0 Å². The summed E-state index contributed by atoms with van der Waals surface area (Å²) in [5.74, 6) is 0. The standard InChI is InChI=1S/C7H10F6O6S2/c1-3-5(19-21(16,17)7(11,12)13)4(2)18-20(14,15)6(8,9)10/h4-5H,3H2,1-2H3. The fourth-order valence-electron chi connectivity index (χ4n) is 1.01. The monoisotopic (exact) mass is 368 g/mol. The summed E-state index contributed by atoms with van der Waals surface area (Å²) in [4.78, 5) is 0. The predicted octanol–water partition coefficient (Wildman–Crippen LogP) is 1.89. The van der Waals surface area contributed by atoms with Gasteiger partial charge in [-0.2, -0.15) is 43.2 Å². The van der Waals surface area contributed by atoms with Crippen LogP contribution in [-0.2, 0) is 28.6 Å². The number of hydrogen-bond acceptors (Lipinski definition) is 6. The molecule has 128 valence electrons. The molecule has 6 nitrogen and oxygen atoms in total. The molecule has 2 unspecified atom stereocenters. The molecule has 0 aliphatic heterocycles. The van der Waals surface area contributed by atoms with Crippen molar-refractivity contribution in [1.29, 1.82) is 0 Å². The molecule has 0 saturated heterocycles. The summed E-state index contributed by atoms with van der Waals surface area (Å²) >= 11 is 0. The lowest BCUT2D eigenvalue weighted by molar-refractivity contribution is -0.0694. The first kappa shape index (κ1) is 20.4. The summed E-state index contributed by atoms with van der Waals surface area (Å²) in [6, 6.07) is 0. The third-order valence-electron chi connectivity index (χ3n) is 2.02. The molecule has 0 heterocycles. The Labute approximate surface area is 116 Å². The van der Waals surface area contributed by atoms with Gasteiger partial charge in [-0.3, -0.25) is 8.37 Å². The predicted molar refractivity (Wildman–Crippen MR) is 55.7 cm³/mol. The topological polar surface area (TPSA) is 86.7 Å². The van der Waals surface area contributed by atoms with Crippen LogP contribution in [0.2, 0.25) is 0 Å². The van der Waals surface area contributed by atoms with E-state index in [1.165, 1.54) is 0 Å². The first-order valence-corrected chi connectivity index (χ1v) is 7.86. The molecule has 0 N–H and O–H groups in total. The third-order valence-corrected chi connectivity index (χ3v) is 4.21. The van der Waals surface area contributed by atoms with Crippen molar-refractivity contribution >= 4 is 20.2 Å². The molecule has 0 saturated carbocycles. The fraction of sp³-hybridized carbons (Fsp3) is 1.00. The van der Waals surface area contributed by atoms with Crippen LogP contribution in [0, 0.1) is 0 Å². The lowest BCUT2D eigenvalue weighted by Crippen LogP contribution is -2.39. The van der Waals surface area contributed by atoms with Gasteiger partial charge in [0.25, 0.3) is 0 Å². The Kier molecular flexibility index (Phi) is 6.08. The maximum atomic E-state index is 12.1. The summed E-state index contributed by atoms with van der Waals surface area (Å²) < 4.78 is 122. The minimum absolute atomic E-state index is 0.552. The van der Waals surface area contributed by atoms with Crippen molar-refractivity contribution in [2.45, 2.75) is 43.5 Å². The van der Waals surface area contributed by atoms with Crippen molar-refractivity contribution in [3.8, 4) is 0 Å². The summed E-state index contributed by atoms with van der Waals surface area (Å²) in [7, 11) is -12.2. The summed E-state index contributed by atoms with van der Waals surface area (Å²) in [6.07, 6.45) is -4.74. The van der Waals surface area contributed by atoms with E-state index in [0.717, 1.165) is 6.92 Å². The summed E-state index contributed by atoms with van der Waals surface area (Å²) in [6.45, 7) is 1.69. The summed E-state index contributed by atoms with van der Waals surface area (Å²) in [5, 5.41) is 0. The van der Waals surface area contributed by atoms with Gasteiger partial charge >= 0.3 is 31.3 Å². The molecule has 0 aliphatic rings. The van der Waals surface area contributed by atoms with Crippen LogP contribution >= 0.6 is 0 Å². The molecule has 21 heavy (non-hydrogen) atoms. The van der Waals surface area contributed by atoms with Gasteiger partial charge in [0.1, 0.15) is 12.2 Å². The Morgan fingerprint density at radius 2 is 1.19 bits per heavy atom. The fourth-order valence-corrected chi connectivity index (χ4v) is 2.37. The molecular weight excluding hydrogens is 358 g/mol. The van der Waals surface area contributed by atoms with Gasteiger partial charge in [0, 0.05) is 0 Å². The van der Waals surface area contributed by atoms with E-state index < -0.39 is 49.9 Å². The van der Waals surface area contributed by atoms with Crippen LogP contribution in [0.25, 0.3) is 0 Å². The van der Waals surface area contributed by atoms with Gasteiger partial charge in [0.2, 0.25) is 0 Å². The van der Waals surface area contributed by atoms with Crippen molar-refractivity contribution in [3.05, 3.63) is 0 Å². The Bertz CT molecular complexity index is 547. The van der Waals surface area contributed by atoms with Crippen LogP contribution in [-0.4, -0.2) is 40.1 Å². The number of alkyl halides is 6. The van der Waals surface area contributed by atoms with E-state index in [-0.39, 0.29) is 0 Å². The first-order valence-electron chi connectivity index (χ1n) is 5.04. The van der Waals surface area contributed by atoms with Gasteiger partial charge < -0.3 is 0 Å². The normalized spacial score (nSPS) is 17.5. The van der Waals surface area contributed by atoms with Crippen LogP contribution in [0.3, 0.4) is 0 Å². The molecule has 0 rings (SSSR count). The molecule has 0 radical (unpaired) electrons. The highest BCUT2D eigenvalue weighted by Gasteiger charge is 2.51. The third kappa shape index (κ3) is 5.27. The first-order chi connectivity index (χ1) is 9.05. The molecule has 14 heteroatoms. The number of rotatable bonds is 6. The van der Waals surface area contributed by atoms with Gasteiger partial charge in [0.05, 0.1) is 0 Å². The molecule has 2 atom stereocenters. The lowest BCUT2D eigenvalue weighted by atomic mass is 10.2. The highest BCUT2D eigenvalue weighted by molar-refractivity contribution is 7.88. The molecule has 0 bridgehead atoms. The van der Waals surface area contributed by atoms with E-state index in [1.54, 1.807) is 0 Å². The zero-order chi connectivity index (χ0) is 17.3. The van der Waals surface area contributed by atoms with E-state index in [4.69, 9.17) is 0 Å². The van der Waals surface area contributed by atoms with Crippen LogP contribution in [0.1, 0.15) is 20.3 Å². The molecule has 0 aromatic heterocycles. The Morgan fingerprint density at radius 3 is 1.48 bits per heavy atom. The number of hydrogen-bond donors (Lipinski definition) is 0. The van der Waals surface area contributed by atoms with Crippen molar-refractivity contribution in [2.75, 3.05) is 0 Å².